The van der Waals surface area contributed by atoms with E-state index in [1.807, 2.05) is 6.07 Å². The molecule has 0 radical (unpaired) electrons. The minimum atomic E-state index is -1.58. The van der Waals surface area contributed by atoms with Crippen molar-refractivity contribution in [2.75, 3.05) is 0 Å². The van der Waals surface area contributed by atoms with Gasteiger partial charge >= 0.3 is 5.97 Å². The van der Waals surface area contributed by atoms with Gasteiger partial charge in [0.2, 0.25) is 0 Å². The zero-order valence-corrected chi connectivity index (χ0v) is 12.8. The summed E-state index contributed by atoms with van der Waals surface area (Å²) in [7, 11) is -1.58. The van der Waals surface area contributed by atoms with Gasteiger partial charge in [-0.1, -0.05) is 48.6 Å². The third-order valence-corrected chi connectivity index (χ3v) is 7.70. The second-order valence-corrected chi connectivity index (χ2v) is 11.1. The van der Waals surface area contributed by atoms with Gasteiger partial charge < -0.3 is 14.6 Å². The monoisotopic (exact) mass is 292 g/mol. The molecule has 2 aliphatic rings. The van der Waals surface area contributed by atoms with Crippen LogP contribution in [0.4, 0.5) is 0 Å². The zero-order chi connectivity index (χ0) is 14.3. The van der Waals surface area contributed by atoms with Gasteiger partial charge in [0.1, 0.15) is 12.2 Å². The molecule has 5 heteroatoms. The first kappa shape index (κ1) is 13.8. The lowest BCUT2D eigenvalue weighted by Crippen LogP contribution is -2.44. The molecule has 0 bridgehead atoms. The Kier molecular flexibility index (Phi) is 3.44. The first-order valence-corrected chi connectivity index (χ1v) is 10.3. The third-order valence-electron chi connectivity index (χ3n) is 4.32. The van der Waals surface area contributed by atoms with Crippen LogP contribution in [0.5, 0.6) is 0 Å². The molecule has 4 atom stereocenters. The van der Waals surface area contributed by atoms with E-state index in [9.17, 15) is 9.90 Å². The first-order valence-electron chi connectivity index (χ1n) is 7.07. The van der Waals surface area contributed by atoms with Crippen molar-refractivity contribution in [3.8, 4) is 0 Å². The number of carbonyl (C=O) groups is 1. The lowest BCUT2D eigenvalue weighted by molar-refractivity contribution is -0.148. The summed E-state index contributed by atoms with van der Waals surface area (Å²) < 4.78 is 11.0. The summed E-state index contributed by atoms with van der Waals surface area (Å²) in [6.07, 6.45) is -1.05. The molecule has 0 unspecified atom stereocenters. The summed E-state index contributed by atoms with van der Waals surface area (Å²) in [5.74, 6) is -0.544. The van der Waals surface area contributed by atoms with Gasteiger partial charge in [-0.3, -0.25) is 0 Å². The summed E-state index contributed by atoms with van der Waals surface area (Å²) in [6, 6.07) is 11.5. The molecule has 0 saturated carbocycles. The average Bonchev–Trinajstić information content (AvgIpc) is 2.90. The van der Waals surface area contributed by atoms with Crippen LogP contribution in [0.3, 0.4) is 0 Å². The topological polar surface area (TPSA) is 55.8 Å². The van der Waals surface area contributed by atoms with E-state index in [-0.39, 0.29) is 12.2 Å². The number of hydrogen-bond acceptors (Lipinski definition) is 4. The minimum absolute atomic E-state index is 0.0784. The predicted octanol–water partition coefficient (Wildman–Crippen LogP) is 1.05. The van der Waals surface area contributed by atoms with Gasteiger partial charge in [0.05, 0.1) is 14.2 Å². The largest absolute Gasteiger partial charge is 0.457 e. The Labute approximate surface area is 119 Å². The molecule has 3 rings (SSSR count). The maximum absolute atomic E-state index is 11.3. The SMILES string of the molecule is C[Si](C)(C[C@H]1C[C@H]2OC(=O)[C@H](O)[C@H]2O1)c1ccccc1. The van der Waals surface area contributed by atoms with Crippen molar-refractivity contribution in [1.82, 2.24) is 0 Å². The standard InChI is InChI=1S/C15H20O4Si/c1-20(2,11-6-4-3-5-7-11)9-10-8-12-14(18-10)13(16)15(17)19-12/h3-7,10,12-14,16H,8-9H2,1-2H3/t10-,12-,13-,14+/m1/s1. The lowest BCUT2D eigenvalue weighted by atomic mass is 10.1. The fourth-order valence-corrected chi connectivity index (χ4v) is 5.94. The van der Waals surface area contributed by atoms with Crippen LogP contribution in [-0.2, 0) is 14.3 Å². The number of fused-ring (bicyclic) bond motifs is 1. The van der Waals surface area contributed by atoms with Crippen molar-refractivity contribution in [2.45, 2.75) is 50.0 Å². The van der Waals surface area contributed by atoms with E-state index >= 15 is 0 Å². The quantitative estimate of drug-likeness (QED) is 0.668. The molecule has 108 valence electrons. The maximum Gasteiger partial charge on any atom is 0.338 e. The van der Waals surface area contributed by atoms with Crippen molar-refractivity contribution >= 4 is 19.2 Å². The number of carbonyl (C=O) groups excluding carboxylic acids is 1. The molecule has 2 saturated heterocycles. The van der Waals surface area contributed by atoms with Gasteiger partial charge in [-0.05, 0) is 6.04 Å². The molecule has 1 aromatic rings. The van der Waals surface area contributed by atoms with E-state index in [0.29, 0.717) is 6.42 Å². The zero-order valence-electron chi connectivity index (χ0n) is 11.8. The summed E-state index contributed by atoms with van der Waals surface area (Å²) in [5.41, 5.74) is 0. The van der Waals surface area contributed by atoms with Gasteiger partial charge in [0, 0.05) is 6.42 Å². The Bertz CT molecular complexity index is 502. The van der Waals surface area contributed by atoms with Crippen LogP contribution in [-0.4, -0.2) is 43.6 Å². The highest BCUT2D eigenvalue weighted by atomic mass is 28.3. The van der Waals surface area contributed by atoms with Gasteiger partial charge in [-0.2, -0.15) is 0 Å². The van der Waals surface area contributed by atoms with Crippen molar-refractivity contribution in [1.29, 1.82) is 0 Å². The van der Waals surface area contributed by atoms with E-state index < -0.39 is 26.3 Å². The average molecular weight is 292 g/mol. The Morgan fingerprint density at radius 3 is 2.65 bits per heavy atom. The van der Waals surface area contributed by atoms with Gasteiger partial charge in [-0.15, -0.1) is 0 Å². The van der Waals surface area contributed by atoms with Crippen LogP contribution in [0.2, 0.25) is 19.1 Å². The van der Waals surface area contributed by atoms with Crippen LogP contribution >= 0.6 is 0 Å². The van der Waals surface area contributed by atoms with E-state index in [4.69, 9.17) is 9.47 Å². The Morgan fingerprint density at radius 1 is 1.30 bits per heavy atom. The molecular weight excluding hydrogens is 272 g/mol. The number of hydrogen-bond donors (Lipinski definition) is 1. The molecule has 2 heterocycles. The van der Waals surface area contributed by atoms with Crippen LogP contribution in [0.1, 0.15) is 6.42 Å². The molecule has 1 aromatic carbocycles. The molecular formula is C15H20O4Si. The third kappa shape index (κ3) is 2.41. The first-order chi connectivity index (χ1) is 9.47. The molecule has 0 aromatic heterocycles. The fraction of sp³-hybridized carbons (Fsp3) is 0.533. The van der Waals surface area contributed by atoms with Crippen molar-refractivity contribution in [3.63, 3.8) is 0 Å². The van der Waals surface area contributed by atoms with Gasteiger partial charge in [-0.25, -0.2) is 4.79 Å². The fourth-order valence-electron chi connectivity index (χ4n) is 3.21. The molecule has 0 amide bonds. The summed E-state index contributed by atoms with van der Waals surface area (Å²) >= 11 is 0. The summed E-state index contributed by atoms with van der Waals surface area (Å²) in [4.78, 5) is 11.3. The van der Waals surface area contributed by atoms with Crippen molar-refractivity contribution < 1.29 is 19.4 Å². The maximum atomic E-state index is 11.3. The number of rotatable bonds is 3. The van der Waals surface area contributed by atoms with Crippen LogP contribution in [0.25, 0.3) is 0 Å². The molecule has 0 spiro atoms. The summed E-state index contributed by atoms with van der Waals surface area (Å²) in [5, 5.41) is 11.1. The molecule has 0 aliphatic carbocycles. The molecule has 2 aliphatic heterocycles. The smallest absolute Gasteiger partial charge is 0.338 e. The lowest BCUT2D eigenvalue weighted by Gasteiger charge is -2.26. The van der Waals surface area contributed by atoms with Crippen LogP contribution in [0.15, 0.2) is 30.3 Å². The highest BCUT2D eigenvalue weighted by molar-refractivity contribution is 6.89. The highest BCUT2D eigenvalue weighted by Crippen LogP contribution is 2.34. The van der Waals surface area contributed by atoms with Crippen LogP contribution in [0, 0.1) is 0 Å². The number of aliphatic hydroxyl groups excluding tert-OH is 1. The second-order valence-electron chi connectivity index (χ2n) is 6.33. The van der Waals surface area contributed by atoms with E-state index in [1.165, 1.54) is 5.19 Å². The molecule has 1 N–H and O–H groups in total. The Morgan fingerprint density at radius 2 is 2.00 bits per heavy atom. The Hall–Kier alpha value is -1.17. The minimum Gasteiger partial charge on any atom is -0.457 e. The Balaban J connectivity index is 1.67. The number of esters is 1. The number of aliphatic hydroxyl groups is 1. The van der Waals surface area contributed by atoms with E-state index in [0.717, 1.165) is 6.04 Å². The van der Waals surface area contributed by atoms with Crippen molar-refractivity contribution in [2.24, 2.45) is 0 Å². The number of ether oxygens (including phenoxy) is 2. The highest BCUT2D eigenvalue weighted by Gasteiger charge is 2.51. The van der Waals surface area contributed by atoms with Crippen molar-refractivity contribution in [3.05, 3.63) is 30.3 Å². The van der Waals surface area contributed by atoms with E-state index in [2.05, 4.69) is 37.4 Å². The summed E-state index contributed by atoms with van der Waals surface area (Å²) in [6.45, 7) is 4.64. The molecule has 2 fully saturated rings. The van der Waals surface area contributed by atoms with E-state index in [1.54, 1.807) is 0 Å². The van der Waals surface area contributed by atoms with Gasteiger partial charge in [0.15, 0.2) is 6.10 Å². The number of benzene rings is 1. The molecule has 4 nitrogen and oxygen atoms in total. The normalized spacial score (nSPS) is 33.0. The second kappa shape index (κ2) is 4.98. The predicted molar refractivity (Wildman–Crippen MR) is 77.5 cm³/mol. The van der Waals surface area contributed by atoms with Crippen LogP contribution < -0.4 is 5.19 Å². The molecule has 20 heavy (non-hydrogen) atoms. The van der Waals surface area contributed by atoms with Gasteiger partial charge in [0.25, 0.3) is 0 Å².